The molecule has 0 unspecified atom stereocenters. The number of sulfonamides is 1. The van der Waals surface area contributed by atoms with Gasteiger partial charge in [0.05, 0.1) is 19.1 Å². The number of benzene rings is 1. The molecule has 0 aliphatic carbocycles. The molecule has 2 heterocycles. The van der Waals surface area contributed by atoms with Gasteiger partial charge in [0.1, 0.15) is 5.82 Å². The van der Waals surface area contributed by atoms with Crippen LogP contribution in [0.1, 0.15) is 17.8 Å². The second-order valence-electron chi connectivity index (χ2n) is 6.22. The lowest BCUT2D eigenvalue weighted by molar-refractivity contribution is 0.353. The van der Waals surface area contributed by atoms with Gasteiger partial charge in [-0.2, -0.15) is 0 Å². The van der Waals surface area contributed by atoms with Gasteiger partial charge in [-0.05, 0) is 30.9 Å². The Bertz CT molecular complexity index is 861. The minimum atomic E-state index is -3.62. The molecule has 0 fully saturated rings. The van der Waals surface area contributed by atoms with Gasteiger partial charge in [-0.1, -0.05) is 0 Å². The Labute approximate surface area is 148 Å². The molecule has 0 spiro atoms. The first-order valence-corrected chi connectivity index (χ1v) is 9.65. The summed E-state index contributed by atoms with van der Waals surface area (Å²) >= 11 is 0. The van der Waals surface area contributed by atoms with Gasteiger partial charge in [0.2, 0.25) is 10.0 Å². The first kappa shape index (κ1) is 17.8. The number of rotatable bonds is 6. The highest BCUT2D eigenvalue weighted by molar-refractivity contribution is 7.89. The fraction of sp³-hybridized carbons (Fsp3) is 0.471. The van der Waals surface area contributed by atoms with Gasteiger partial charge >= 0.3 is 0 Å². The summed E-state index contributed by atoms with van der Waals surface area (Å²) in [5.74, 6) is 2.16. The number of ether oxygens (including phenoxy) is 2. The van der Waals surface area contributed by atoms with Crippen molar-refractivity contribution in [2.24, 2.45) is 5.92 Å². The van der Waals surface area contributed by atoms with Crippen molar-refractivity contribution < 1.29 is 17.9 Å². The maximum Gasteiger partial charge on any atom is 0.240 e. The maximum absolute atomic E-state index is 12.7. The van der Waals surface area contributed by atoms with Crippen LogP contribution in [0.25, 0.3) is 0 Å². The second-order valence-corrected chi connectivity index (χ2v) is 7.96. The molecule has 0 saturated heterocycles. The van der Waals surface area contributed by atoms with Gasteiger partial charge in [0, 0.05) is 38.0 Å². The summed E-state index contributed by atoms with van der Waals surface area (Å²) in [7, 11) is -0.613. The lowest BCUT2D eigenvalue weighted by Gasteiger charge is -2.23. The average molecular weight is 365 g/mol. The Morgan fingerprint density at radius 3 is 2.72 bits per heavy atom. The number of methoxy groups -OCH3 is 2. The largest absolute Gasteiger partial charge is 0.493 e. The summed E-state index contributed by atoms with van der Waals surface area (Å²) in [6.07, 6.45) is 5.45. The quantitative estimate of drug-likeness (QED) is 0.843. The van der Waals surface area contributed by atoms with Crippen LogP contribution in [0, 0.1) is 12.8 Å². The van der Waals surface area contributed by atoms with E-state index in [0.717, 1.165) is 25.2 Å². The molecule has 3 rings (SSSR count). The lowest BCUT2D eigenvalue weighted by atomic mass is 9.98. The third kappa shape index (κ3) is 3.64. The van der Waals surface area contributed by atoms with E-state index in [1.807, 2.05) is 6.20 Å². The van der Waals surface area contributed by atoms with E-state index < -0.39 is 10.0 Å². The molecule has 1 aromatic heterocycles. The van der Waals surface area contributed by atoms with E-state index in [0.29, 0.717) is 23.6 Å². The highest BCUT2D eigenvalue weighted by atomic mass is 32.2. The van der Waals surface area contributed by atoms with Crippen LogP contribution in [0.15, 0.2) is 29.4 Å². The summed E-state index contributed by atoms with van der Waals surface area (Å²) < 4.78 is 40.8. The number of hydrogen-bond donors (Lipinski definition) is 1. The number of hydrogen-bond acceptors (Lipinski definition) is 5. The zero-order valence-corrected chi connectivity index (χ0v) is 15.5. The molecule has 1 atom stereocenters. The van der Waals surface area contributed by atoms with Crippen molar-refractivity contribution in [3.63, 3.8) is 0 Å². The molecule has 25 heavy (non-hydrogen) atoms. The van der Waals surface area contributed by atoms with Crippen LogP contribution in [-0.2, 0) is 23.0 Å². The van der Waals surface area contributed by atoms with E-state index in [1.165, 1.54) is 20.3 Å². The van der Waals surface area contributed by atoms with Crippen molar-refractivity contribution in [1.29, 1.82) is 0 Å². The predicted molar refractivity (Wildman–Crippen MR) is 93.5 cm³/mol. The number of nitrogens with one attached hydrogen (secondary N) is 1. The van der Waals surface area contributed by atoms with E-state index in [4.69, 9.17) is 9.47 Å². The normalized spacial score (nSPS) is 17.2. The third-order valence-electron chi connectivity index (χ3n) is 4.58. The number of imidazole rings is 1. The van der Waals surface area contributed by atoms with Gasteiger partial charge in [0.15, 0.2) is 11.5 Å². The topological polar surface area (TPSA) is 82.5 Å². The van der Waals surface area contributed by atoms with Crippen LogP contribution in [0.4, 0.5) is 0 Å². The third-order valence-corrected chi connectivity index (χ3v) is 6.15. The molecule has 1 N–H and O–H groups in total. The Morgan fingerprint density at radius 2 is 2.00 bits per heavy atom. The van der Waals surface area contributed by atoms with Crippen LogP contribution >= 0.6 is 0 Å². The van der Waals surface area contributed by atoms with Gasteiger partial charge < -0.3 is 14.0 Å². The Hall–Kier alpha value is -2.06. The van der Waals surface area contributed by atoms with Crippen LogP contribution in [0.5, 0.6) is 11.5 Å². The zero-order chi connectivity index (χ0) is 18.0. The maximum atomic E-state index is 12.7. The van der Waals surface area contributed by atoms with Gasteiger partial charge in [0.25, 0.3) is 0 Å². The molecule has 2 aromatic rings. The number of aromatic nitrogens is 2. The zero-order valence-electron chi connectivity index (χ0n) is 14.7. The standard InChI is InChI=1S/C17H23N3O4S/c1-12-8-14(23-2)15(24-3)10-16(12)25(21,22)19-11-13-4-6-20-7-5-18-17(20)9-13/h5,7-8,10,13,19H,4,6,9,11H2,1-3H3/t13-/m0/s1. The average Bonchev–Trinajstić information content (AvgIpc) is 3.07. The van der Waals surface area contributed by atoms with Gasteiger partial charge in [-0.3, -0.25) is 0 Å². The minimum absolute atomic E-state index is 0.211. The molecule has 0 saturated carbocycles. The van der Waals surface area contributed by atoms with E-state index in [1.54, 1.807) is 19.2 Å². The number of nitrogens with zero attached hydrogens (tertiary/aromatic N) is 2. The first-order chi connectivity index (χ1) is 11.9. The summed E-state index contributed by atoms with van der Waals surface area (Å²) in [5, 5.41) is 0. The molecular weight excluding hydrogens is 342 g/mol. The highest BCUT2D eigenvalue weighted by Gasteiger charge is 2.24. The van der Waals surface area contributed by atoms with Crippen molar-refractivity contribution in [2.75, 3.05) is 20.8 Å². The van der Waals surface area contributed by atoms with Gasteiger partial charge in [-0.25, -0.2) is 18.1 Å². The Kier molecular flexibility index (Phi) is 5.01. The molecular formula is C17H23N3O4S. The van der Waals surface area contributed by atoms with E-state index >= 15 is 0 Å². The van der Waals surface area contributed by atoms with Crippen molar-refractivity contribution >= 4 is 10.0 Å². The van der Waals surface area contributed by atoms with Crippen molar-refractivity contribution in [3.8, 4) is 11.5 Å². The molecule has 1 aliphatic heterocycles. The van der Waals surface area contributed by atoms with E-state index in [2.05, 4.69) is 14.3 Å². The second kappa shape index (κ2) is 7.05. The molecule has 0 radical (unpaired) electrons. The van der Waals surface area contributed by atoms with E-state index in [9.17, 15) is 8.42 Å². The minimum Gasteiger partial charge on any atom is -0.493 e. The molecule has 1 aromatic carbocycles. The summed E-state index contributed by atoms with van der Waals surface area (Å²) in [4.78, 5) is 4.53. The fourth-order valence-electron chi connectivity index (χ4n) is 3.15. The predicted octanol–water partition coefficient (Wildman–Crippen LogP) is 1.75. The van der Waals surface area contributed by atoms with Crippen molar-refractivity contribution in [3.05, 3.63) is 35.9 Å². The molecule has 7 nitrogen and oxygen atoms in total. The molecule has 136 valence electrons. The van der Waals surface area contributed by atoms with Crippen LogP contribution in [0.2, 0.25) is 0 Å². The molecule has 0 bridgehead atoms. The summed E-state index contributed by atoms with van der Waals surface area (Å²) in [5.41, 5.74) is 0.615. The van der Waals surface area contributed by atoms with Crippen LogP contribution in [0.3, 0.4) is 0 Å². The first-order valence-electron chi connectivity index (χ1n) is 8.17. The van der Waals surface area contributed by atoms with Crippen molar-refractivity contribution in [1.82, 2.24) is 14.3 Å². The number of fused-ring (bicyclic) bond motifs is 1. The lowest BCUT2D eigenvalue weighted by Crippen LogP contribution is -2.33. The summed E-state index contributed by atoms with van der Waals surface area (Å²) in [6, 6.07) is 3.18. The van der Waals surface area contributed by atoms with Crippen LogP contribution < -0.4 is 14.2 Å². The van der Waals surface area contributed by atoms with Crippen LogP contribution in [-0.4, -0.2) is 38.7 Å². The Balaban J connectivity index is 1.74. The Morgan fingerprint density at radius 1 is 1.28 bits per heavy atom. The summed E-state index contributed by atoms with van der Waals surface area (Å²) in [6.45, 7) is 3.01. The SMILES string of the molecule is COc1cc(C)c(S(=O)(=O)NC[C@H]2CCn3ccnc3C2)cc1OC. The van der Waals surface area contributed by atoms with Gasteiger partial charge in [-0.15, -0.1) is 0 Å². The van der Waals surface area contributed by atoms with Crippen molar-refractivity contribution in [2.45, 2.75) is 31.2 Å². The van der Waals surface area contributed by atoms with E-state index in [-0.39, 0.29) is 10.8 Å². The molecule has 1 aliphatic rings. The smallest absolute Gasteiger partial charge is 0.240 e. The monoisotopic (exact) mass is 365 g/mol. The fourth-order valence-corrected chi connectivity index (χ4v) is 4.50. The highest BCUT2D eigenvalue weighted by Crippen LogP contribution is 2.32. The molecule has 0 amide bonds. The molecule has 8 heteroatoms. The number of aryl methyl sites for hydroxylation is 2.